The van der Waals surface area contributed by atoms with Crippen LogP contribution >= 0.6 is 11.8 Å². The maximum absolute atomic E-state index is 12.4. The van der Waals surface area contributed by atoms with E-state index in [1.54, 1.807) is 22.5 Å². The zero-order valence-corrected chi connectivity index (χ0v) is 17.0. The van der Waals surface area contributed by atoms with E-state index in [0.29, 0.717) is 12.2 Å². The molecule has 1 amide bonds. The molecule has 30 heavy (non-hydrogen) atoms. The quantitative estimate of drug-likeness (QED) is 0.428. The Balaban J connectivity index is 1.39. The Morgan fingerprint density at radius 3 is 2.43 bits per heavy atom. The fraction of sp³-hybridized carbons (Fsp3) is 0.0417. The van der Waals surface area contributed by atoms with Gasteiger partial charge in [0.1, 0.15) is 5.69 Å². The number of carbonyl (C=O) groups excluding carboxylic acids is 1. The van der Waals surface area contributed by atoms with E-state index in [1.807, 2.05) is 91.1 Å². The Kier molecular flexibility index (Phi) is 6.37. The summed E-state index contributed by atoms with van der Waals surface area (Å²) in [5.41, 5.74) is 2.55. The molecule has 4 rings (SSSR count). The summed E-state index contributed by atoms with van der Waals surface area (Å²) >= 11 is 1.61. The maximum Gasteiger partial charge on any atom is 0.248 e. The molecule has 6 heteroatoms. The Hall–Kier alpha value is -3.64. The van der Waals surface area contributed by atoms with Gasteiger partial charge in [-0.25, -0.2) is 4.68 Å². The predicted molar refractivity (Wildman–Crippen MR) is 120 cm³/mol. The van der Waals surface area contributed by atoms with Crippen LogP contribution in [-0.4, -0.2) is 20.9 Å². The lowest BCUT2D eigenvalue weighted by Crippen LogP contribution is -2.08. The molecule has 0 saturated heterocycles. The molecule has 5 nitrogen and oxygen atoms in total. The predicted octanol–water partition coefficient (Wildman–Crippen LogP) is 5.13. The van der Waals surface area contributed by atoms with E-state index in [4.69, 9.17) is 0 Å². The minimum atomic E-state index is -0.214. The van der Waals surface area contributed by atoms with E-state index in [0.717, 1.165) is 21.0 Å². The minimum absolute atomic E-state index is 0.214. The second-order valence-electron chi connectivity index (χ2n) is 6.56. The zero-order chi connectivity index (χ0) is 20.6. The third kappa shape index (κ3) is 5.46. The van der Waals surface area contributed by atoms with Gasteiger partial charge in [0.05, 0.1) is 18.4 Å². The second kappa shape index (κ2) is 9.71. The summed E-state index contributed by atoms with van der Waals surface area (Å²) in [5, 5.41) is 11.2. The molecular formula is C24H20N4OS. The van der Waals surface area contributed by atoms with Crippen molar-refractivity contribution in [1.82, 2.24) is 15.0 Å². The van der Waals surface area contributed by atoms with Crippen molar-refractivity contribution in [3.8, 4) is 0 Å². The maximum atomic E-state index is 12.4. The van der Waals surface area contributed by atoms with Crippen LogP contribution in [0.5, 0.6) is 0 Å². The Bertz CT molecular complexity index is 1140. The van der Waals surface area contributed by atoms with Crippen LogP contribution < -0.4 is 5.32 Å². The molecule has 1 N–H and O–H groups in total. The van der Waals surface area contributed by atoms with Crippen LogP contribution in [0.25, 0.3) is 6.08 Å². The van der Waals surface area contributed by atoms with Gasteiger partial charge in [-0.1, -0.05) is 77.6 Å². The third-order valence-electron chi connectivity index (χ3n) is 4.27. The van der Waals surface area contributed by atoms with Crippen molar-refractivity contribution in [3.05, 3.63) is 108 Å². The number of benzene rings is 3. The number of aromatic nitrogens is 3. The molecule has 148 valence electrons. The average Bonchev–Trinajstić information content (AvgIpc) is 3.22. The van der Waals surface area contributed by atoms with Gasteiger partial charge in [-0.3, -0.25) is 4.79 Å². The highest BCUT2D eigenvalue weighted by Gasteiger charge is 2.06. The van der Waals surface area contributed by atoms with Gasteiger partial charge in [0.15, 0.2) is 0 Å². The highest BCUT2D eigenvalue weighted by atomic mass is 32.2. The van der Waals surface area contributed by atoms with Gasteiger partial charge < -0.3 is 5.32 Å². The Morgan fingerprint density at radius 1 is 0.933 bits per heavy atom. The molecule has 0 aliphatic carbocycles. The van der Waals surface area contributed by atoms with E-state index in [1.165, 1.54) is 6.08 Å². The molecule has 4 aromatic rings. The largest absolute Gasteiger partial charge is 0.321 e. The van der Waals surface area contributed by atoms with Crippen LogP contribution in [0, 0.1) is 0 Å². The van der Waals surface area contributed by atoms with Crippen LogP contribution in [0.2, 0.25) is 0 Å². The van der Waals surface area contributed by atoms with Crippen molar-refractivity contribution in [1.29, 1.82) is 0 Å². The van der Waals surface area contributed by atoms with Crippen LogP contribution in [0.4, 0.5) is 5.69 Å². The summed E-state index contributed by atoms with van der Waals surface area (Å²) in [6, 6.07) is 27.9. The monoisotopic (exact) mass is 412 g/mol. The molecule has 1 aromatic heterocycles. The van der Waals surface area contributed by atoms with Crippen molar-refractivity contribution >= 4 is 29.4 Å². The first-order chi connectivity index (χ1) is 14.8. The molecule has 0 aliphatic rings. The fourth-order valence-corrected chi connectivity index (χ4v) is 3.77. The minimum Gasteiger partial charge on any atom is -0.321 e. The standard InChI is InChI=1S/C24H20N4OS/c29-24(16-15-20-18-28(27-26-20)17-19-9-3-1-4-10-19)25-22-13-7-8-14-23(22)30-21-11-5-2-6-12-21/h1-16,18H,17H2,(H,25,29)/b16-15+. The highest BCUT2D eigenvalue weighted by Crippen LogP contribution is 2.33. The molecule has 0 unspecified atom stereocenters. The third-order valence-corrected chi connectivity index (χ3v) is 5.35. The molecule has 0 spiro atoms. The molecule has 0 saturated carbocycles. The molecule has 3 aromatic carbocycles. The summed E-state index contributed by atoms with van der Waals surface area (Å²) in [4.78, 5) is 14.5. The van der Waals surface area contributed by atoms with Gasteiger partial charge >= 0.3 is 0 Å². The van der Waals surface area contributed by atoms with Gasteiger partial charge in [0, 0.05) is 15.9 Å². The summed E-state index contributed by atoms with van der Waals surface area (Å²) < 4.78 is 1.75. The van der Waals surface area contributed by atoms with Crippen LogP contribution in [-0.2, 0) is 11.3 Å². The number of nitrogens with one attached hydrogen (secondary N) is 1. The number of hydrogen-bond acceptors (Lipinski definition) is 4. The Labute approximate surface area is 179 Å². The number of hydrogen-bond donors (Lipinski definition) is 1. The lowest BCUT2D eigenvalue weighted by atomic mass is 10.2. The van der Waals surface area contributed by atoms with E-state index in [2.05, 4.69) is 15.6 Å². The lowest BCUT2D eigenvalue weighted by Gasteiger charge is -2.09. The molecule has 0 bridgehead atoms. The van der Waals surface area contributed by atoms with Gasteiger partial charge in [0.2, 0.25) is 5.91 Å². The Morgan fingerprint density at radius 2 is 1.63 bits per heavy atom. The SMILES string of the molecule is O=C(/C=C/c1cn(Cc2ccccc2)nn1)Nc1ccccc1Sc1ccccc1. The first-order valence-corrected chi connectivity index (χ1v) is 10.3. The van der Waals surface area contributed by atoms with Crippen molar-refractivity contribution in [2.24, 2.45) is 0 Å². The topological polar surface area (TPSA) is 59.8 Å². The van der Waals surface area contributed by atoms with Crippen molar-refractivity contribution in [2.45, 2.75) is 16.3 Å². The fourth-order valence-electron chi connectivity index (χ4n) is 2.85. The summed E-state index contributed by atoms with van der Waals surface area (Å²) in [6.45, 7) is 0.637. The summed E-state index contributed by atoms with van der Waals surface area (Å²) in [7, 11) is 0. The molecule has 0 aliphatic heterocycles. The van der Waals surface area contributed by atoms with Crippen molar-refractivity contribution in [2.75, 3.05) is 5.32 Å². The van der Waals surface area contributed by atoms with Gasteiger partial charge in [-0.15, -0.1) is 5.10 Å². The van der Waals surface area contributed by atoms with Crippen LogP contribution in [0.3, 0.4) is 0 Å². The van der Waals surface area contributed by atoms with Crippen LogP contribution in [0.1, 0.15) is 11.3 Å². The molecule has 1 heterocycles. The number of anilines is 1. The van der Waals surface area contributed by atoms with Gasteiger partial charge in [0.25, 0.3) is 0 Å². The molecule has 0 radical (unpaired) electrons. The first kappa shape index (κ1) is 19.7. The number of para-hydroxylation sites is 1. The number of amides is 1. The number of rotatable bonds is 7. The molecular weight excluding hydrogens is 392 g/mol. The number of nitrogens with zero attached hydrogens (tertiary/aromatic N) is 3. The second-order valence-corrected chi connectivity index (χ2v) is 7.68. The zero-order valence-electron chi connectivity index (χ0n) is 16.2. The summed E-state index contributed by atoms with van der Waals surface area (Å²) in [6.07, 6.45) is 4.95. The van der Waals surface area contributed by atoms with E-state index < -0.39 is 0 Å². The average molecular weight is 413 g/mol. The van der Waals surface area contributed by atoms with E-state index in [-0.39, 0.29) is 5.91 Å². The van der Waals surface area contributed by atoms with Gasteiger partial charge in [-0.05, 0) is 35.9 Å². The summed E-state index contributed by atoms with van der Waals surface area (Å²) in [5.74, 6) is -0.214. The molecule has 0 fully saturated rings. The molecule has 0 atom stereocenters. The van der Waals surface area contributed by atoms with E-state index in [9.17, 15) is 4.79 Å². The van der Waals surface area contributed by atoms with Gasteiger partial charge in [-0.2, -0.15) is 0 Å². The number of carbonyl (C=O) groups is 1. The highest BCUT2D eigenvalue weighted by molar-refractivity contribution is 7.99. The smallest absolute Gasteiger partial charge is 0.248 e. The first-order valence-electron chi connectivity index (χ1n) is 9.51. The van der Waals surface area contributed by atoms with Crippen molar-refractivity contribution < 1.29 is 4.79 Å². The van der Waals surface area contributed by atoms with Crippen LogP contribution in [0.15, 0.2) is 107 Å². The lowest BCUT2D eigenvalue weighted by molar-refractivity contribution is -0.111. The normalized spacial score (nSPS) is 10.9. The van der Waals surface area contributed by atoms with E-state index >= 15 is 0 Å². The van der Waals surface area contributed by atoms with Crippen molar-refractivity contribution in [3.63, 3.8) is 0 Å².